The van der Waals surface area contributed by atoms with Gasteiger partial charge in [-0.3, -0.25) is 9.59 Å². The van der Waals surface area contributed by atoms with E-state index in [0.29, 0.717) is 0 Å². The molecule has 0 fully saturated rings. The van der Waals surface area contributed by atoms with Gasteiger partial charge >= 0.3 is 30.8 Å². The fourth-order valence-corrected chi connectivity index (χ4v) is 1.54. The van der Waals surface area contributed by atoms with Gasteiger partial charge in [-0.1, -0.05) is 33.1 Å². The summed E-state index contributed by atoms with van der Waals surface area (Å²) in [6, 6.07) is 0. The molecule has 1 atom stereocenters. The molecule has 0 heterocycles. The Bertz CT molecular complexity index is 192. The average Bonchev–Trinajstić information content (AvgIpc) is 2.10. The van der Waals surface area contributed by atoms with Crippen LogP contribution < -0.4 is 0 Å². The van der Waals surface area contributed by atoms with E-state index < -0.39 is 17.9 Å². The van der Waals surface area contributed by atoms with Crippen molar-refractivity contribution in [2.24, 2.45) is 11.8 Å². The average molecular weight is 210 g/mol. The van der Waals surface area contributed by atoms with Crippen LogP contribution in [0.3, 0.4) is 0 Å². The zero-order valence-electron chi connectivity index (χ0n) is 8.69. The zero-order chi connectivity index (χ0) is 11.1. The predicted octanol–water partition coefficient (Wildman–Crippen LogP) is 1.34. The number of carboxylic acids is 2. The molecular weight excluding hydrogens is 191 g/mol. The monoisotopic (exact) mass is 210 g/mol. The third-order valence-electron chi connectivity index (χ3n) is 2.44. The molecule has 0 amide bonds. The standard InChI is InChI=1S/C10H18O4.Li.H/c1-3-5-7(4-2)6-8(9(11)12)10(13)14;;/h7-8H,3-6H2,1-2H3,(H,11,12)(H,13,14);;. The fourth-order valence-electron chi connectivity index (χ4n) is 1.54. The summed E-state index contributed by atoms with van der Waals surface area (Å²) in [6.45, 7) is 3.97. The summed E-state index contributed by atoms with van der Waals surface area (Å²) in [4.78, 5) is 21.2. The van der Waals surface area contributed by atoms with Crippen LogP contribution in [0, 0.1) is 11.8 Å². The third-order valence-corrected chi connectivity index (χ3v) is 2.44. The van der Waals surface area contributed by atoms with Crippen LogP contribution in [0.15, 0.2) is 0 Å². The molecule has 84 valence electrons. The second kappa shape index (κ2) is 8.81. The number of rotatable bonds is 7. The topological polar surface area (TPSA) is 74.6 Å². The van der Waals surface area contributed by atoms with Crippen molar-refractivity contribution in [2.45, 2.75) is 39.5 Å². The first-order chi connectivity index (χ1) is 6.52. The first kappa shape index (κ1) is 16.9. The van der Waals surface area contributed by atoms with Gasteiger partial charge in [0.2, 0.25) is 0 Å². The summed E-state index contributed by atoms with van der Waals surface area (Å²) < 4.78 is 0. The Balaban J connectivity index is 0. The van der Waals surface area contributed by atoms with E-state index in [1.807, 2.05) is 13.8 Å². The normalized spacial score (nSPS) is 11.9. The van der Waals surface area contributed by atoms with E-state index in [1.54, 1.807) is 0 Å². The molecule has 0 saturated heterocycles. The number of hydrogen-bond donors (Lipinski definition) is 2. The molecule has 0 rings (SSSR count). The van der Waals surface area contributed by atoms with E-state index in [4.69, 9.17) is 10.2 Å². The molecule has 0 saturated carbocycles. The van der Waals surface area contributed by atoms with E-state index in [-0.39, 0.29) is 31.2 Å². The van der Waals surface area contributed by atoms with Crippen LogP contribution in [0.2, 0.25) is 0 Å². The van der Waals surface area contributed by atoms with Crippen molar-refractivity contribution in [1.82, 2.24) is 0 Å². The summed E-state index contributed by atoms with van der Waals surface area (Å²) in [5, 5.41) is 17.4. The Labute approximate surface area is 102 Å². The Morgan fingerprint density at radius 1 is 1.13 bits per heavy atom. The van der Waals surface area contributed by atoms with Gasteiger partial charge in [-0.05, 0) is 12.3 Å². The molecule has 0 aromatic heterocycles. The molecule has 0 spiro atoms. The van der Waals surface area contributed by atoms with Gasteiger partial charge in [-0.15, -0.1) is 0 Å². The quantitative estimate of drug-likeness (QED) is 0.491. The maximum atomic E-state index is 10.6. The van der Waals surface area contributed by atoms with Gasteiger partial charge in [0.15, 0.2) is 5.92 Å². The third kappa shape index (κ3) is 6.59. The van der Waals surface area contributed by atoms with Crippen molar-refractivity contribution in [1.29, 1.82) is 0 Å². The number of aliphatic carboxylic acids is 2. The second-order valence-electron chi connectivity index (χ2n) is 3.53. The molecular formula is C10H19LiO4. The molecule has 0 aliphatic carbocycles. The molecule has 2 N–H and O–H groups in total. The van der Waals surface area contributed by atoms with Crippen LogP contribution in [0.25, 0.3) is 0 Å². The van der Waals surface area contributed by atoms with Crippen molar-refractivity contribution < 1.29 is 19.8 Å². The van der Waals surface area contributed by atoms with Gasteiger partial charge in [0.25, 0.3) is 0 Å². The van der Waals surface area contributed by atoms with Gasteiger partial charge in [0.05, 0.1) is 0 Å². The van der Waals surface area contributed by atoms with Crippen molar-refractivity contribution in [3.63, 3.8) is 0 Å². The maximum absolute atomic E-state index is 10.6. The van der Waals surface area contributed by atoms with Gasteiger partial charge in [0.1, 0.15) is 0 Å². The molecule has 0 radical (unpaired) electrons. The summed E-state index contributed by atoms with van der Waals surface area (Å²) in [7, 11) is 0. The van der Waals surface area contributed by atoms with Crippen molar-refractivity contribution >= 4 is 30.8 Å². The van der Waals surface area contributed by atoms with E-state index >= 15 is 0 Å². The van der Waals surface area contributed by atoms with E-state index in [9.17, 15) is 9.59 Å². The Morgan fingerprint density at radius 3 is 1.87 bits per heavy atom. The van der Waals surface area contributed by atoms with Gasteiger partial charge in [-0.25, -0.2) is 0 Å². The summed E-state index contributed by atoms with van der Waals surface area (Å²) in [5.41, 5.74) is 0. The number of carbonyl (C=O) groups is 2. The Hall–Kier alpha value is -0.463. The summed E-state index contributed by atoms with van der Waals surface area (Å²) >= 11 is 0. The number of hydrogen-bond acceptors (Lipinski definition) is 2. The van der Waals surface area contributed by atoms with Gasteiger partial charge in [-0.2, -0.15) is 0 Å². The molecule has 5 heteroatoms. The molecule has 1 unspecified atom stereocenters. The SMILES string of the molecule is CCCC(CC)CC(C(=O)O)C(=O)O.[LiH]. The zero-order valence-corrected chi connectivity index (χ0v) is 8.69. The summed E-state index contributed by atoms with van der Waals surface area (Å²) in [6.07, 6.45) is 2.94. The molecule has 0 bridgehead atoms. The van der Waals surface area contributed by atoms with Gasteiger partial charge < -0.3 is 10.2 Å². The molecule has 4 nitrogen and oxygen atoms in total. The van der Waals surface area contributed by atoms with E-state index in [2.05, 4.69) is 0 Å². The minimum atomic E-state index is -1.24. The van der Waals surface area contributed by atoms with Crippen LogP contribution >= 0.6 is 0 Å². The van der Waals surface area contributed by atoms with Gasteiger partial charge in [0, 0.05) is 0 Å². The first-order valence-electron chi connectivity index (χ1n) is 4.98. The molecule has 0 aromatic rings. The van der Waals surface area contributed by atoms with Crippen LogP contribution in [-0.2, 0) is 9.59 Å². The summed E-state index contributed by atoms with van der Waals surface area (Å²) in [5.74, 6) is -3.50. The van der Waals surface area contributed by atoms with Crippen LogP contribution in [0.1, 0.15) is 39.5 Å². The Morgan fingerprint density at radius 2 is 1.60 bits per heavy atom. The molecule has 0 aliphatic rings. The Kier molecular flexibility index (Phi) is 9.96. The van der Waals surface area contributed by atoms with Crippen molar-refractivity contribution in [3.05, 3.63) is 0 Å². The van der Waals surface area contributed by atoms with Crippen molar-refractivity contribution in [2.75, 3.05) is 0 Å². The van der Waals surface area contributed by atoms with Crippen LogP contribution in [0.4, 0.5) is 0 Å². The van der Waals surface area contributed by atoms with Crippen LogP contribution in [0.5, 0.6) is 0 Å². The van der Waals surface area contributed by atoms with E-state index in [1.165, 1.54) is 0 Å². The van der Waals surface area contributed by atoms with Crippen LogP contribution in [-0.4, -0.2) is 41.0 Å². The number of carboxylic acid groups (broad SMARTS) is 2. The minimum absolute atomic E-state index is 0. The second-order valence-corrected chi connectivity index (χ2v) is 3.53. The fraction of sp³-hybridized carbons (Fsp3) is 0.800. The molecule has 15 heavy (non-hydrogen) atoms. The predicted molar refractivity (Wildman–Crippen MR) is 59.2 cm³/mol. The molecule has 0 aliphatic heterocycles. The first-order valence-corrected chi connectivity index (χ1v) is 4.98. The van der Waals surface area contributed by atoms with E-state index in [0.717, 1.165) is 19.3 Å². The van der Waals surface area contributed by atoms with Crippen molar-refractivity contribution in [3.8, 4) is 0 Å². The molecule has 0 aromatic carbocycles.